The highest BCUT2D eigenvalue weighted by molar-refractivity contribution is 6.35. The number of hydrogen-bond donors (Lipinski definition) is 4. The van der Waals surface area contributed by atoms with Crippen molar-refractivity contribution in [2.75, 3.05) is 19.4 Å². The minimum absolute atomic E-state index is 0.142. The molecule has 9 nitrogen and oxygen atoms in total. The Balaban J connectivity index is 1.83. The van der Waals surface area contributed by atoms with Crippen LogP contribution in [-0.2, 0) is 4.79 Å². The first-order chi connectivity index (χ1) is 18.2. The fourth-order valence-electron chi connectivity index (χ4n) is 4.00. The van der Waals surface area contributed by atoms with Crippen LogP contribution >= 0.6 is 0 Å². The minimum atomic E-state index is -0.410. The first kappa shape index (κ1) is 26.5. The summed E-state index contributed by atoms with van der Waals surface area (Å²) in [6.45, 7) is 7.43. The average Bonchev–Trinajstić information content (AvgIpc) is 2.90. The van der Waals surface area contributed by atoms with Crippen molar-refractivity contribution in [2.24, 2.45) is 9.98 Å². The van der Waals surface area contributed by atoms with E-state index < -0.39 is 6.04 Å². The van der Waals surface area contributed by atoms with E-state index in [4.69, 9.17) is 5.41 Å². The lowest BCUT2D eigenvalue weighted by Crippen LogP contribution is -2.77. The third-order valence-electron chi connectivity index (χ3n) is 6.32. The van der Waals surface area contributed by atoms with Crippen LogP contribution in [0.15, 0.2) is 63.8 Å². The predicted octanol–water partition coefficient (Wildman–Crippen LogP) is 2.55. The lowest BCUT2D eigenvalue weighted by atomic mass is 9.98. The fourth-order valence-corrected chi connectivity index (χ4v) is 4.00. The van der Waals surface area contributed by atoms with Gasteiger partial charge in [0.15, 0.2) is 5.84 Å². The number of likely N-dealkylation sites (N-methyl/N-ethyl adjacent to an activating group) is 1. The molecule has 1 aliphatic heterocycles. The molecule has 3 heterocycles. The number of aryl methyl sites for hydroxylation is 1. The van der Waals surface area contributed by atoms with Gasteiger partial charge in [-0.1, -0.05) is 12.0 Å². The molecule has 1 unspecified atom stereocenters. The SMILES string of the molecule is CNC(C)C(=O)Nc1cc(C2=NC(C)=NC(=N)/C2=C(/C)[NH2+]C)cc(C#Cc2ccc3c(C)nccc3c2)n1. The molecule has 9 heteroatoms. The Morgan fingerprint density at radius 3 is 2.63 bits per heavy atom. The average molecular weight is 508 g/mol. The molecule has 1 aliphatic rings. The van der Waals surface area contributed by atoms with Gasteiger partial charge in [-0.2, -0.15) is 0 Å². The molecule has 192 valence electrons. The Morgan fingerprint density at radius 2 is 1.89 bits per heavy atom. The largest absolute Gasteiger partial charge is 0.319 e. The van der Waals surface area contributed by atoms with Gasteiger partial charge in [-0.05, 0) is 69.5 Å². The van der Waals surface area contributed by atoms with Crippen molar-refractivity contribution in [1.82, 2.24) is 15.3 Å². The first-order valence-corrected chi connectivity index (χ1v) is 12.3. The summed E-state index contributed by atoms with van der Waals surface area (Å²) in [6.07, 6.45) is 1.79. The smallest absolute Gasteiger partial charge is 0.242 e. The van der Waals surface area contributed by atoms with Crippen LogP contribution in [0.2, 0.25) is 0 Å². The lowest BCUT2D eigenvalue weighted by molar-refractivity contribution is -0.576. The zero-order valence-corrected chi connectivity index (χ0v) is 22.4. The Morgan fingerprint density at radius 1 is 1.11 bits per heavy atom. The summed E-state index contributed by atoms with van der Waals surface area (Å²) in [5.74, 6) is 7.10. The molecule has 38 heavy (non-hydrogen) atoms. The molecular formula is C29H31N8O+. The van der Waals surface area contributed by atoms with Crippen molar-refractivity contribution >= 4 is 39.9 Å². The number of nitrogens with one attached hydrogen (secondary N) is 3. The van der Waals surface area contributed by atoms with E-state index in [0.29, 0.717) is 34.2 Å². The number of amidine groups is 2. The summed E-state index contributed by atoms with van der Waals surface area (Å²) in [4.78, 5) is 30.5. The van der Waals surface area contributed by atoms with Gasteiger partial charge in [0.05, 0.1) is 18.8 Å². The Kier molecular flexibility index (Phi) is 7.86. The van der Waals surface area contributed by atoms with Gasteiger partial charge >= 0.3 is 0 Å². The maximum atomic E-state index is 12.6. The summed E-state index contributed by atoms with van der Waals surface area (Å²) >= 11 is 0. The van der Waals surface area contributed by atoms with Crippen LogP contribution in [-0.4, -0.2) is 53.4 Å². The highest BCUT2D eigenvalue weighted by atomic mass is 16.2. The number of carbonyl (C=O) groups is 1. The second-order valence-corrected chi connectivity index (χ2v) is 9.02. The summed E-state index contributed by atoms with van der Waals surface area (Å²) in [5, 5.41) is 18.4. The van der Waals surface area contributed by atoms with Crippen LogP contribution in [0.5, 0.6) is 0 Å². The number of nitrogens with zero attached hydrogens (tertiary/aromatic N) is 4. The van der Waals surface area contributed by atoms with E-state index in [-0.39, 0.29) is 11.7 Å². The molecule has 1 aromatic carbocycles. The van der Waals surface area contributed by atoms with Crippen LogP contribution < -0.4 is 16.0 Å². The van der Waals surface area contributed by atoms with Gasteiger partial charge in [0.2, 0.25) is 5.91 Å². The molecule has 1 amide bonds. The van der Waals surface area contributed by atoms with Gasteiger partial charge in [-0.25, -0.2) is 15.0 Å². The summed E-state index contributed by atoms with van der Waals surface area (Å²) < 4.78 is 0. The number of allylic oxidation sites excluding steroid dienone is 1. The normalized spacial score (nSPS) is 15.3. The van der Waals surface area contributed by atoms with Crippen LogP contribution in [0.4, 0.5) is 5.82 Å². The number of aliphatic imine (C=N–C) groups is 2. The van der Waals surface area contributed by atoms with Crippen LogP contribution in [0.25, 0.3) is 10.8 Å². The van der Waals surface area contributed by atoms with Gasteiger partial charge in [0.1, 0.15) is 28.6 Å². The predicted molar refractivity (Wildman–Crippen MR) is 152 cm³/mol. The number of anilines is 1. The molecule has 3 aromatic rings. The lowest BCUT2D eigenvalue weighted by Gasteiger charge is -2.17. The van der Waals surface area contributed by atoms with Crippen molar-refractivity contribution in [2.45, 2.75) is 33.7 Å². The number of carbonyl (C=O) groups excluding carboxylic acids is 1. The molecule has 1 atom stereocenters. The quantitative estimate of drug-likeness (QED) is 0.395. The van der Waals surface area contributed by atoms with Crippen molar-refractivity contribution in [3.63, 3.8) is 0 Å². The molecule has 0 fully saturated rings. The fraction of sp³-hybridized carbons (Fsp3) is 0.241. The van der Waals surface area contributed by atoms with E-state index in [1.165, 1.54) is 0 Å². The summed E-state index contributed by atoms with van der Waals surface area (Å²) in [6, 6.07) is 11.1. The maximum absolute atomic E-state index is 12.6. The van der Waals surface area contributed by atoms with Crippen molar-refractivity contribution in [1.29, 1.82) is 5.41 Å². The van der Waals surface area contributed by atoms with Crippen LogP contribution in [0, 0.1) is 24.2 Å². The third-order valence-corrected chi connectivity index (χ3v) is 6.32. The monoisotopic (exact) mass is 507 g/mol. The summed E-state index contributed by atoms with van der Waals surface area (Å²) in [7, 11) is 3.63. The minimum Gasteiger partial charge on any atom is -0.319 e. The Bertz CT molecular complexity index is 1600. The molecule has 4 rings (SSSR count). The Labute approximate surface area is 222 Å². The number of hydrogen-bond acceptors (Lipinski definition) is 6. The molecule has 0 spiro atoms. The zero-order valence-electron chi connectivity index (χ0n) is 22.4. The van der Waals surface area contributed by atoms with Crippen molar-refractivity contribution in [3.8, 4) is 11.8 Å². The van der Waals surface area contributed by atoms with Crippen molar-refractivity contribution < 1.29 is 10.1 Å². The van der Waals surface area contributed by atoms with Crippen LogP contribution in [0.3, 0.4) is 0 Å². The maximum Gasteiger partial charge on any atom is 0.242 e. The Hall–Kier alpha value is -4.52. The van der Waals surface area contributed by atoms with E-state index >= 15 is 0 Å². The highest BCUT2D eigenvalue weighted by Crippen LogP contribution is 2.21. The number of nitrogens with two attached hydrogens (primary N) is 1. The van der Waals surface area contributed by atoms with Crippen molar-refractivity contribution in [3.05, 3.63) is 76.4 Å². The first-order valence-electron chi connectivity index (χ1n) is 12.3. The second-order valence-electron chi connectivity index (χ2n) is 9.02. The van der Waals surface area contributed by atoms with E-state index in [1.54, 1.807) is 33.2 Å². The topological polar surface area (TPSA) is 132 Å². The number of fused-ring (bicyclic) bond motifs is 1. The van der Waals surface area contributed by atoms with E-state index in [0.717, 1.165) is 27.7 Å². The van der Waals surface area contributed by atoms with E-state index in [2.05, 4.69) is 42.4 Å². The zero-order chi connectivity index (χ0) is 27.4. The van der Waals surface area contributed by atoms with Gasteiger partial charge in [0, 0.05) is 35.3 Å². The number of aromatic nitrogens is 2. The molecule has 2 aromatic heterocycles. The number of benzene rings is 1. The van der Waals surface area contributed by atoms with Crippen LogP contribution in [0.1, 0.15) is 43.3 Å². The van der Waals surface area contributed by atoms with Gasteiger partial charge < -0.3 is 16.0 Å². The van der Waals surface area contributed by atoms with E-state index in [9.17, 15) is 4.79 Å². The molecule has 0 saturated carbocycles. The van der Waals surface area contributed by atoms with Gasteiger partial charge in [0.25, 0.3) is 0 Å². The third kappa shape index (κ3) is 5.72. The highest BCUT2D eigenvalue weighted by Gasteiger charge is 2.25. The van der Waals surface area contributed by atoms with E-state index in [1.807, 2.05) is 56.5 Å². The molecule has 0 aliphatic carbocycles. The number of quaternary nitrogens is 1. The molecule has 0 saturated heterocycles. The summed E-state index contributed by atoms with van der Waals surface area (Å²) in [5.41, 5.74) is 5.05. The second kappa shape index (κ2) is 11.3. The number of pyridine rings is 2. The molecule has 5 N–H and O–H groups in total. The molecule has 0 bridgehead atoms. The molecule has 0 radical (unpaired) electrons. The van der Waals surface area contributed by atoms with Gasteiger partial charge in [-0.15, -0.1) is 0 Å². The standard InChI is InChI=1S/C29H30N8O/c1-16-24-10-8-20(13-21(24)11-12-33-16)7-9-23-14-22(15-25(36-23)37-29(38)18(3)32-6)27-26(17(2)31-5)28(30)35-19(4)34-27/h8,10-15,18,30-32H,1-6H3,(H,36,37,38)/p+1/b26-17-,30-28?. The number of amides is 1. The van der Waals surface area contributed by atoms with Gasteiger partial charge in [-0.3, -0.25) is 15.2 Å². The molecular weight excluding hydrogens is 476 g/mol. The number of rotatable bonds is 5.